The molecular formula is C10H13FO3. The lowest BCUT2D eigenvalue weighted by molar-refractivity contribution is 0.217. The molecule has 0 amide bonds. The molecule has 0 fully saturated rings. The van der Waals surface area contributed by atoms with Crippen molar-refractivity contribution in [1.82, 2.24) is 0 Å². The highest BCUT2D eigenvalue weighted by Crippen LogP contribution is 2.33. The number of phenolic OH excluding ortho intramolecular Hbond substituents is 2. The molecule has 0 aromatic heterocycles. The van der Waals surface area contributed by atoms with Gasteiger partial charge in [-0.3, -0.25) is 0 Å². The molecule has 78 valence electrons. The van der Waals surface area contributed by atoms with Gasteiger partial charge < -0.3 is 15.3 Å². The maximum Gasteiger partial charge on any atom is 0.194 e. The van der Waals surface area contributed by atoms with Crippen molar-refractivity contribution in [1.29, 1.82) is 0 Å². The van der Waals surface area contributed by atoms with Crippen LogP contribution in [0.3, 0.4) is 0 Å². The van der Waals surface area contributed by atoms with Gasteiger partial charge in [-0.05, 0) is 17.7 Å². The van der Waals surface area contributed by atoms with Gasteiger partial charge >= 0.3 is 0 Å². The van der Waals surface area contributed by atoms with E-state index in [-0.39, 0.29) is 6.61 Å². The van der Waals surface area contributed by atoms with Gasteiger partial charge in [0, 0.05) is 5.41 Å². The lowest BCUT2D eigenvalue weighted by atomic mass is 9.85. The maximum atomic E-state index is 13.0. The predicted molar refractivity (Wildman–Crippen MR) is 49.8 cm³/mol. The summed E-state index contributed by atoms with van der Waals surface area (Å²) in [6, 6.07) is 2.35. The molecule has 1 aromatic carbocycles. The summed E-state index contributed by atoms with van der Waals surface area (Å²) in [5.41, 5.74) is -0.209. The van der Waals surface area contributed by atoms with E-state index in [1.54, 1.807) is 13.8 Å². The zero-order chi connectivity index (χ0) is 10.9. The lowest BCUT2D eigenvalue weighted by Crippen LogP contribution is -2.22. The molecule has 0 atom stereocenters. The second-order valence-corrected chi connectivity index (χ2v) is 3.87. The maximum absolute atomic E-state index is 13.0. The standard InChI is InChI=1S/C10H13FO3/c1-10(2,5-12)6-3-7(11)9(14)8(13)4-6/h3-4,12-14H,5H2,1-2H3. The summed E-state index contributed by atoms with van der Waals surface area (Å²) in [6.07, 6.45) is 0. The number of aromatic hydroxyl groups is 2. The summed E-state index contributed by atoms with van der Waals surface area (Å²) < 4.78 is 13.0. The summed E-state index contributed by atoms with van der Waals surface area (Å²) in [5.74, 6) is -2.16. The number of hydrogen-bond donors (Lipinski definition) is 3. The average molecular weight is 200 g/mol. The normalized spacial score (nSPS) is 11.7. The molecule has 0 saturated heterocycles. The molecular weight excluding hydrogens is 187 g/mol. The molecule has 0 spiro atoms. The molecule has 0 saturated carbocycles. The van der Waals surface area contributed by atoms with Crippen LogP contribution in [-0.4, -0.2) is 21.9 Å². The largest absolute Gasteiger partial charge is 0.504 e. The Morgan fingerprint density at radius 1 is 1.29 bits per heavy atom. The number of aliphatic hydroxyl groups excluding tert-OH is 1. The molecule has 14 heavy (non-hydrogen) atoms. The highest BCUT2D eigenvalue weighted by Gasteiger charge is 2.22. The molecule has 3 nitrogen and oxygen atoms in total. The van der Waals surface area contributed by atoms with Crippen molar-refractivity contribution in [2.45, 2.75) is 19.3 Å². The highest BCUT2D eigenvalue weighted by atomic mass is 19.1. The van der Waals surface area contributed by atoms with Gasteiger partial charge in [0.1, 0.15) is 0 Å². The van der Waals surface area contributed by atoms with E-state index >= 15 is 0 Å². The van der Waals surface area contributed by atoms with Crippen LogP contribution in [0.4, 0.5) is 4.39 Å². The molecule has 0 aliphatic rings. The fourth-order valence-electron chi connectivity index (χ4n) is 1.07. The quantitative estimate of drug-likeness (QED) is 0.634. The van der Waals surface area contributed by atoms with Crippen LogP contribution in [0.25, 0.3) is 0 Å². The Labute approximate surface area is 81.4 Å². The molecule has 0 heterocycles. The first-order chi connectivity index (χ1) is 6.38. The molecule has 0 bridgehead atoms. The SMILES string of the molecule is CC(C)(CO)c1cc(O)c(O)c(F)c1. The van der Waals surface area contributed by atoms with E-state index in [4.69, 9.17) is 15.3 Å². The molecule has 0 radical (unpaired) electrons. The van der Waals surface area contributed by atoms with Crippen molar-refractivity contribution < 1.29 is 19.7 Å². The molecule has 0 aliphatic heterocycles. The van der Waals surface area contributed by atoms with Crippen LogP contribution in [0.15, 0.2) is 12.1 Å². The van der Waals surface area contributed by atoms with E-state index in [0.29, 0.717) is 5.56 Å². The van der Waals surface area contributed by atoms with Crippen LogP contribution in [0.1, 0.15) is 19.4 Å². The van der Waals surface area contributed by atoms with Gasteiger partial charge in [-0.1, -0.05) is 13.8 Å². The van der Waals surface area contributed by atoms with E-state index in [9.17, 15) is 4.39 Å². The minimum absolute atomic E-state index is 0.170. The van der Waals surface area contributed by atoms with Gasteiger partial charge in [-0.25, -0.2) is 4.39 Å². The first-order valence-corrected chi connectivity index (χ1v) is 4.21. The molecule has 1 rings (SSSR count). The highest BCUT2D eigenvalue weighted by molar-refractivity contribution is 5.44. The van der Waals surface area contributed by atoms with Crippen LogP contribution < -0.4 is 0 Å². The Morgan fingerprint density at radius 2 is 1.86 bits per heavy atom. The Bertz CT molecular complexity index is 324. The third-order valence-electron chi connectivity index (χ3n) is 2.22. The fourth-order valence-corrected chi connectivity index (χ4v) is 1.07. The Balaban J connectivity index is 3.26. The number of halogens is 1. The zero-order valence-electron chi connectivity index (χ0n) is 8.08. The second-order valence-electron chi connectivity index (χ2n) is 3.87. The van der Waals surface area contributed by atoms with E-state index in [0.717, 1.165) is 6.07 Å². The van der Waals surface area contributed by atoms with Gasteiger partial charge in [0.2, 0.25) is 0 Å². The second kappa shape index (κ2) is 3.46. The van der Waals surface area contributed by atoms with Gasteiger partial charge in [-0.2, -0.15) is 0 Å². The van der Waals surface area contributed by atoms with Gasteiger partial charge in [0.25, 0.3) is 0 Å². The molecule has 4 heteroatoms. The average Bonchev–Trinajstić information content (AvgIpc) is 2.13. The fraction of sp³-hybridized carbons (Fsp3) is 0.400. The van der Waals surface area contributed by atoms with E-state index in [2.05, 4.69) is 0 Å². The Hall–Kier alpha value is -1.29. The van der Waals surface area contributed by atoms with Crippen molar-refractivity contribution in [3.05, 3.63) is 23.5 Å². The Kier molecular flexibility index (Phi) is 2.66. The summed E-state index contributed by atoms with van der Waals surface area (Å²) in [7, 11) is 0. The van der Waals surface area contributed by atoms with Crippen molar-refractivity contribution in [2.24, 2.45) is 0 Å². The zero-order valence-corrected chi connectivity index (χ0v) is 8.08. The third kappa shape index (κ3) is 1.80. The van der Waals surface area contributed by atoms with Crippen LogP contribution in [0.5, 0.6) is 11.5 Å². The van der Waals surface area contributed by atoms with Crippen molar-refractivity contribution >= 4 is 0 Å². The van der Waals surface area contributed by atoms with E-state index < -0.39 is 22.7 Å². The molecule has 1 aromatic rings. The minimum atomic E-state index is -0.887. The summed E-state index contributed by atoms with van der Waals surface area (Å²) in [5, 5.41) is 27.2. The lowest BCUT2D eigenvalue weighted by Gasteiger charge is -2.22. The number of hydrogen-bond acceptors (Lipinski definition) is 3. The predicted octanol–water partition coefficient (Wildman–Crippen LogP) is 1.51. The van der Waals surface area contributed by atoms with Gasteiger partial charge in [-0.15, -0.1) is 0 Å². The Morgan fingerprint density at radius 3 is 2.29 bits per heavy atom. The number of rotatable bonds is 2. The van der Waals surface area contributed by atoms with Crippen molar-refractivity contribution in [3.8, 4) is 11.5 Å². The van der Waals surface area contributed by atoms with Crippen molar-refractivity contribution in [2.75, 3.05) is 6.61 Å². The number of benzene rings is 1. The molecule has 0 aliphatic carbocycles. The van der Waals surface area contributed by atoms with Gasteiger partial charge in [0.15, 0.2) is 17.3 Å². The van der Waals surface area contributed by atoms with E-state index in [1.165, 1.54) is 6.07 Å². The summed E-state index contributed by atoms with van der Waals surface area (Å²) in [6.45, 7) is 3.24. The van der Waals surface area contributed by atoms with Crippen LogP contribution >= 0.6 is 0 Å². The number of phenols is 2. The topological polar surface area (TPSA) is 60.7 Å². The first kappa shape index (κ1) is 10.8. The summed E-state index contributed by atoms with van der Waals surface area (Å²) >= 11 is 0. The van der Waals surface area contributed by atoms with Gasteiger partial charge in [0.05, 0.1) is 6.61 Å². The van der Waals surface area contributed by atoms with Crippen LogP contribution in [-0.2, 0) is 5.41 Å². The monoisotopic (exact) mass is 200 g/mol. The van der Waals surface area contributed by atoms with E-state index in [1.807, 2.05) is 0 Å². The van der Waals surface area contributed by atoms with Crippen LogP contribution in [0, 0.1) is 5.82 Å². The minimum Gasteiger partial charge on any atom is -0.504 e. The third-order valence-corrected chi connectivity index (χ3v) is 2.22. The molecule has 0 unspecified atom stereocenters. The summed E-state index contributed by atoms with van der Waals surface area (Å²) in [4.78, 5) is 0. The van der Waals surface area contributed by atoms with Crippen molar-refractivity contribution in [3.63, 3.8) is 0 Å². The number of aliphatic hydroxyl groups is 1. The molecule has 3 N–H and O–H groups in total. The van der Waals surface area contributed by atoms with Crippen LogP contribution in [0.2, 0.25) is 0 Å². The first-order valence-electron chi connectivity index (χ1n) is 4.21. The smallest absolute Gasteiger partial charge is 0.194 e.